The molecule has 0 aliphatic rings. The van der Waals surface area contributed by atoms with Crippen LogP contribution in [0, 0.1) is 11.6 Å². The Bertz CT molecular complexity index is 717. The van der Waals surface area contributed by atoms with Crippen LogP contribution >= 0.6 is 11.6 Å². The fourth-order valence-electron chi connectivity index (χ4n) is 1.63. The van der Waals surface area contributed by atoms with Crippen LogP contribution in [-0.2, 0) is 0 Å². The highest BCUT2D eigenvalue weighted by atomic mass is 35.5. The highest BCUT2D eigenvalue weighted by Gasteiger charge is 2.09. The standard InChI is InChI=1S/C15H11ClF2N2O/c1-9(10-6-7-13(17)14(18)8-10)19-20-15(21)11-4-2-3-5-12(11)16/h2-8H,1H3,(H,20,21)/b19-9-. The Morgan fingerprint density at radius 1 is 1.14 bits per heavy atom. The van der Waals surface area contributed by atoms with E-state index < -0.39 is 17.5 Å². The molecule has 0 saturated carbocycles. The molecule has 1 N–H and O–H groups in total. The van der Waals surface area contributed by atoms with E-state index in [-0.39, 0.29) is 5.56 Å². The summed E-state index contributed by atoms with van der Waals surface area (Å²) in [5.74, 6) is -2.39. The van der Waals surface area contributed by atoms with Gasteiger partial charge in [-0.2, -0.15) is 5.10 Å². The molecule has 0 aliphatic carbocycles. The summed E-state index contributed by atoms with van der Waals surface area (Å²) in [5.41, 5.74) is 3.31. The highest BCUT2D eigenvalue weighted by Crippen LogP contribution is 2.14. The summed E-state index contributed by atoms with van der Waals surface area (Å²) >= 11 is 5.89. The smallest absolute Gasteiger partial charge is 0.267 e. The second kappa shape index (κ2) is 6.45. The summed E-state index contributed by atoms with van der Waals surface area (Å²) in [5, 5.41) is 4.15. The summed E-state index contributed by atoms with van der Waals surface area (Å²) < 4.78 is 26.0. The lowest BCUT2D eigenvalue weighted by Gasteiger charge is -2.04. The number of hydrogen-bond acceptors (Lipinski definition) is 2. The molecule has 0 aromatic heterocycles. The van der Waals surface area contributed by atoms with E-state index in [1.165, 1.54) is 6.07 Å². The highest BCUT2D eigenvalue weighted by molar-refractivity contribution is 6.33. The van der Waals surface area contributed by atoms with Gasteiger partial charge in [0.25, 0.3) is 5.91 Å². The number of nitrogens with zero attached hydrogens (tertiary/aromatic N) is 1. The normalized spacial score (nSPS) is 11.3. The van der Waals surface area contributed by atoms with Crippen molar-refractivity contribution in [2.75, 3.05) is 0 Å². The van der Waals surface area contributed by atoms with E-state index in [1.807, 2.05) is 0 Å². The van der Waals surface area contributed by atoms with E-state index in [1.54, 1.807) is 31.2 Å². The SMILES string of the molecule is C/C(=N/NC(=O)c1ccccc1Cl)c1ccc(F)c(F)c1. The molecule has 0 atom stereocenters. The van der Waals surface area contributed by atoms with Gasteiger partial charge < -0.3 is 0 Å². The Hall–Kier alpha value is -2.27. The molecule has 0 aliphatic heterocycles. The van der Waals surface area contributed by atoms with Gasteiger partial charge in [-0.05, 0) is 37.3 Å². The Labute approximate surface area is 125 Å². The molecule has 0 heterocycles. The zero-order valence-corrected chi connectivity index (χ0v) is 11.8. The third-order valence-corrected chi connectivity index (χ3v) is 3.11. The Morgan fingerprint density at radius 2 is 1.86 bits per heavy atom. The van der Waals surface area contributed by atoms with E-state index in [0.29, 0.717) is 16.3 Å². The molecule has 0 fully saturated rings. The van der Waals surface area contributed by atoms with Gasteiger partial charge in [0.15, 0.2) is 11.6 Å². The quantitative estimate of drug-likeness (QED) is 0.680. The minimum atomic E-state index is -0.973. The first-order chi connectivity index (χ1) is 9.99. The van der Waals surface area contributed by atoms with E-state index >= 15 is 0 Å². The minimum absolute atomic E-state index is 0.279. The predicted octanol–water partition coefficient (Wildman–Crippen LogP) is 3.77. The third kappa shape index (κ3) is 3.64. The molecule has 21 heavy (non-hydrogen) atoms. The molecule has 6 heteroatoms. The first-order valence-electron chi connectivity index (χ1n) is 6.03. The molecule has 0 radical (unpaired) electrons. The van der Waals surface area contributed by atoms with Gasteiger partial charge in [-0.1, -0.05) is 23.7 Å². The van der Waals surface area contributed by atoms with Crippen LogP contribution in [0.2, 0.25) is 5.02 Å². The van der Waals surface area contributed by atoms with Crippen LogP contribution < -0.4 is 5.43 Å². The van der Waals surface area contributed by atoms with Gasteiger partial charge in [0.1, 0.15) is 0 Å². The topological polar surface area (TPSA) is 41.5 Å². The Balaban J connectivity index is 2.15. The molecule has 3 nitrogen and oxygen atoms in total. The number of rotatable bonds is 3. The van der Waals surface area contributed by atoms with Gasteiger partial charge in [0.2, 0.25) is 0 Å². The summed E-state index contributed by atoms with van der Waals surface area (Å²) in [6, 6.07) is 9.90. The van der Waals surface area contributed by atoms with Crippen LogP contribution in [0.15, 0.2) is 47.6 Å². The van der Waals surface area contributed by atoms with Crippen molar-refractivity contribution in [2.45, 2.75) is 6.92 Å². The summed E-state index contributed by atoms with van der Waals surface area (Å²) in [7, 11) is 0. The number of hydrogen-bond donors (Lipinski definition) is 1. The molecule has 2 aromatic carbocycles. The summed E-state index contributed by atoms with van der Waals surface area (Å²) in [6.07, 6.45) is 0. The summed E-state index contributed by atoms with van der Waals surface area (Å²) in [4.78, 5) is 11.9. The van der Waals surface area contributed by atoms with Crippen molar-refractivity contribution in [3.05, 3.63) is 70.2 Å². The maximum absolute atomic E-state index is 13.1. The second-order valence-electron chi connectivity index (χ2n) is 4.25. The zero-order chi connectivity index (χ0) is 15.4. The van der Waals surface area contributed by atoms with Crippen LogP contribution in [0.1, 0.15) is 22.8 Å². The number of hydrazone groups is 1. The zero-order valence-electron chi connectivity index (χ0n) is 11.0. The largest absolute Gasteiger partial charge is 0.272 e. The van der Waals surface area contributed by atoms with Crippen molar-refractivity contribution in [1.29, 1.82) is 0 Å². The van der Waals surface area contributed by atoms with Crippen LogP contribution in [0.4, 0.5) is 8.78 Å². The van der Waals surface area contributed by atoms with Crippen LogP contribution in [0.25, 0.3) is 0 Å². The van der Waals surface area contributed by atoms with Crippen molar-refractivity contribution >= 4 is 23.2 Å². The molecular formula is C15H11ClF2N2O. The fourth-order valence-corrected chi connectivity index (χ4v) is 1.85. The first-order valence-corrected chi connectivity index (χ1v) is 6.41. The fraction of sp³-hybridized carbons (Fsp3) is 0.0667. The predicted molar refractivity (Wildman–Crippen MR) is 77.5 cm³/mol. The van der Waals surface area contributed by atoms with Crippen molar-refractivity contribution in [1.82, 2.24) is 5.43 Å². The van der Waals surface area contributed by atoms with Gasteiger partial charge in [-0.3, -0.25) is 4.79 Å². The maximum atomic E-state index is 13.1. The molecule has 0 unspecified atom stereocenters. The van der Waals surface area contributed by atoms with E-state index in [0.717, 1.165) is 12.1 Å². The third-order valence-electron chi connectivity index (χ3n) is 2.78. The van der Waals surface area contributed by atoms with Gasteiger partial charge in [0, 0.05) is 5.56 Å². The number of nitrogens with one attached hydrogen (secondary N) is 1. The monoisotopic (exact) mass is 308 g/mol. The molecule has 2 rings (SSSR count). The van der Waals surface area contributed by atoms with Crippen molar-refractivity contribution in [2.24, 2.45) is 5.10 Å². The number of benzene rings is 2. The Kier molecular flexibility index (Phi) is 4.65. The van der Waals surface area contributed by atoms with Gasteiger partial charge >= 0.3 is 0 Å². The van der Waals surface area contributed by atoms with Crippen LogP contribution in [0.3, 0.4) is 0 Å². The molecule has 0 spiro atoms. The number of carbonyl (C=O) groups is 1. The lowest BCUT2D eigenvalue weighted by Crippen LogP contribution is -2.19. The molecular weight excluding hydrogens is 298 g/mol. The van der Waals surface area contributed by atoms with Gasteiger partial charge in [-0.25, -0.2) is 14.2 Å². The Morgan fingerprint density at radius 3 is 2.52 bits per heavy atom. The summed E-state index contributed by atoms with van der Waals surface area (Å²) in [6.45, 7) is 1.57. The number of carbonyl (C=O) groups excluding carboxylic acids is 1. The van der Waals surface area contributed by atoms with Gasteiger partial charge in [-0.15, -0.1) is 0 Å². The van der Waals surface area contributed by atoms with E-state index in [4.69, 9.17) is 11.6 Å². The molecule has 0 saturated heterocycles. The molecule has 1 amide bonds. The van der Waals surface area contributed by atoms with Crippen LogP contribution in [0.5, 0.6) is 0 Å². The van der Waals surface area contributed by atoms with E-state index in [9.17, 15) is 13.6 Å². The number of amides is 1. The van der Waals surface area contributed by atoms with Crippen molar-refractivity contribution < 1.29 is 13.6 Å². The van der Waals surface area contributed by atoms with Crippen LogP contribution in [-0.4, -0.2) is 11.6 Å². The first kappa shape index (κ1) is 15.1. The van der Waals surface area contributed by atoms with Crippen molar-refractivity contribution in [3.8, 4) is 0 Å². The van der Waals surface area contributed by atoms with Crippen molar-refractivity contribution in [3.63, 3.8) is 0 Å². The minimum Gasteiger partial charge on any atom is -0.267 e. The number of halogens is 3. The van der Waals surface area contributed by atoms with Gasteiger partial charge in [0.05, 0.1) is 16.3 Å². The molecule has 2 aromatic rings. The lowest BCUT2D eigenvalue weighted by atomic mass is 10.1. The molecule has 108 valence electrons. The molecule has 0 bridgehead atoms. The lowest BCUT2D eigenvalue weighted by molar-refractivity contribution is 0.0955. The average molecular weight is 309 g/mol. The maximum Gasteiger partial charge on any atom is 0.272 e. The average Bonchev–Trinajstić information content (AvgIpc) is 2.47. The second-order valence-corrected chi connectivity index (χ2v) is 4.65. The van der Waals surface area contributed by atoms with E-state index in [2.05, 4.69) is 10.5 Å².